The summed E-state index contributed by atoms with van der Waals surface area (Å²) < 4.78 is 11.9. The maximum absolute atomic E-state index is 12.4. The maximum atomic E-state index is 12.4. The minimum absolute atomic E-state index is 0.418. The molecule has 0 spiro atoms. The molecule has 0 unspecified atom stereocenters. The Morgan fingerprint density at radius 1 is 1.22 bits per heavy atom. The topological polar surface area (TPSA) is 59.6 Å². The molecule has 5 nitrogen and oxygen atoms in total. The molecule has 2 aromatic carbocycles. The molecule has 1 aliphatic rings. The first-order chi connectivity index (χ1) is 13.0. The lowest BCUT2D eigenvalue weighted by atomic mass is 9.95. The number of esters is 1. The molecule has 0 fully saturated rings. The van der Waals surface area contributed by atoms with E-state index in [0.29, 0.717) is 28.7 Å². The second-order valence-electron chi connectivity index (χ2n) is 6.02. The third kappa shape index (κ3) is 4.48. The fourth-order valence-electron chi connectivity index (χ4n) is 2.92. The molecule has 0 aromatic heterocycles. The number of nitrogens with one attached hydrogen (secondary N) is 2. The third-order valence-corrected chi connectivity index (χ3v) is 4.91. The van der Waals surface area contributed by atoms with Crippen molar-refractivity contribution in [1.82, 2.24) is 10.6 Å². The van der Waals surface area contributed by atoms with Gasteiger partial charge in [0.2, 0.25) is 0 Å². The molecule has 0 bridgehead atoms. The molecule has 3 rings (SSSR count). The molecule has 140 valence electrons. The minimum atomic E-state index is -0.477. The van der Waals surface area contributed by atoms with E-state index in [0.717, 1.165) is 15.6 Å². The van der Waals surface area contributed by atoms with Crippen molar-refractivity contribution in [3.8, 4) is 5.75 Å². The lowest BCUT2D eigenvalue weighted by Gasteiger charge is -2.30. The quantitative estimate of drug-likeness (QED) is 0.534. The molecule has 27 heavy (non-hydrogen) atoms. The number of benzene rings is 2. The predicted molar refractivity (Wildman–Crippen MR) is 111 cm³/mol. The summed E-state index contributed by atoms with van der Waals surface area (Å²) in [4.78, 5) is 12.4. The van der Waals surface area contributed by atoms with E-state index in [-0.39, 0.29) is 0 Å². The molecule has 0 saturated heterocycles. The van der Waals surface area contributed by atoms with E-state index in [9.17, 15) is 4.79 Å². The van der Waals surface area contributed by atoms with Gasteiger partial charge in [-0.3, -0.25) is 0 Å². The molecule has 1 atom stereocenters. The Balaban J connectivity index is 1.98. The van der Waals surface area contributed by atoms with Crippen LogP contribution in [0.1, 0.15) is 24.1 Å². The van der Waals surface area contributed by atoms with Gasteiger partial charge in [0.25, 0.3) is 0 Å². The average Bonchev–Trinajstić information content (AvgIpc) is 2.66. The van der Waals surface area contributed by atoms with E-state index >= 15 is 0 Å². The highest BCUT2D eigenvalue weighted by Gasteiger charge is 2.32. The summed E-state index contributed by atoms with van der Waals surface area (Å²) in [5.74, 6) is 0.243. The zero-order valence-corrected chi connectivity index (χ0v) is 17.3. The smallest absolute Gasteiger partial charge is 0.337 e. The number of carbonyl (C=O) groups is 1. The Morgan fingerprint density at radius 2 is 1.96 bits per heavy atom. The highest BCUT2D eigenvalue weighted by Crippen LogP contribution is 2.35. The molecule has 0 aliphatic carbocycles. The van der Waals surface area contributed by atoms with Crippen LogP contribution in [-0.4, -0.2) is 18.2 Å². The van der Waals surface area contributed by atoms with Gasteiger partial charge >= 0.3 is 5.97 Å². The number of hydrogen-bond acceptors (Lipinski definition) is 4. The van der Waals surface area contributed by atoms with Crippen LogP contribution in [0.4, 0.5) is 0 Å². The molecule has 0 radical (unpaired) electrons. The van der Waals surface area contributed by atoms with E-state index in [4.69, 9.17) is 21.7 Å². The molecule has 1 heterocycles. The number of thiocarbonyl (C=S) groups is 1. The normalized spacial score (nSPS) is 16.4. The number of allylic oxidation sites excluding steroid dienone is 1. The molecule has 2 N–H and O–H groups in total. The first kappa shape index (κ1) is 19.4. The van der Waals surface area contributed by atoms with Gasteiger partial charge < -0.3 is 20.1 Å². The van der Waals surface area contributed by atoms with Crippen molar-refractivity contribution in [3.05, 3.63) is 75.4 Å². The van der Waals surface area contributed by atoms with Gasteiger partial charge in [-0.1, -0.05) is 46.3 Å². The van der Waals surface area contributed by atoms with Gasteiger partial charge in [0.15, 0.2) is 5.11 Å². The van der Waals surface area contributed by atoms with Gasteiger partial charge in [0.05, 0.1) is 18.7 Å². The Labute approximate surface area is 171 Å². The summed E-state index contributed by atoms with van der Waals surface area (Å²) in [7, 11) is 1.36. The maximum Gasteiger partial charge on any atom is 0.337 e. The van der Waals surface area contributed by atoms with Gasteiger partial charge in [0.1, 0.15) is 12.4 Å². The average molecular weight is 447 g/mol. The van der Waals surface area contributed by atoms with Crippen LogP contribution < -0.4 is 15.4 Å². The van der Waals surface area contributed by atoms with Crippen molar-refractivity contribution in [2.24, 2.45) is 0 Å². The monoisotopic (exact) mass is 446 g/mol. The molecule has 7 heteroatoms. The van der Waals surface area contributed by atoms with Crippen LogP contribution in [0.5, 0.6) is 5.75 Å². The van der Waals surface area contributed by atoms with Crippen LogP contribution in [0.2, 0.25) is 0 Å². The fourth-order valence-corrected chi connectivity index (χ4v) is 3.57. The Bertz CT molecular complexity index is 899. The first-order valence-electron chi connectivity index (χ1n) is 8.32. The molecular weight excluding hydrogens is 428 g/mol. The van der Waals surface area contributed by atoms with Crippen LogP contribution in [-0.2, 0) is 16.1 Å². The standard InChI is InChI=1S/C20H19BrN2O3S/c1-12-17(19(24)25-2)18(23-20(27)22-12)15-10-14(21)8-9-16(15)26-11-13-6-4-3-5-7-13/h3-10,18H,11H2,1-2H3,(H2,22,23,27)/t18-/m1/s1. The second-order valence-corrected chi connectivity index (χ2v) is 7.34. The number of hydrogen-bond donors (Lipinski definition) is 2. The van der Waals surface area contributed by atoms with E-state index in [1.807, 2.05) is 48.5 Å². The summed E-state index contributed by atoms with van der Waals surface area (Å²) in [5.41, 5.74) is 2.97. The first-order valence-corrected chi connectivity index (χ1v) is 9.52. The highest BCUT2D eigenvalue weighted by atomic mass is 79.9. The van der Waals surface area contributed by atoms with Crippen LogP contribution in [0.15, 0.2) is 64.3 Å². The summed E-state index contributed by atoms with van der Waals surface area (Å²) in [5, 5.41) is 6.58. The summed E-state index contributed by atoms with van der Waals surface area (Å²) in [6.07, 6.45) is 0. The van der Waals surface area contributed by atoms with E-state index in [1.54, 1.807) is 6.92 Å². The summed E-state index contributed by atoms with van der Waals surface area (Å²) in [6.45, 7) is 2.22. The van der Waals surface area contributed by atoms with Crippen molar-refractivity contribution < 1.29 is 14.3 Å². The van der Waals surface area contributed by atoms with E-state index in [2.05, 4.69) is 26.6 Å². The van der Waals surface area contributed by atoms with Gasteiger partial charge in [-0.05, 0) is 42.9 Å². The number of rotatable bonds is 5. The SMILES string of the molecule is COC(=O)C1=C(C)NC(=S)N[C@@H]1c1cc(Br)ccc1OCc1ccccc1. The van der Waals surface area contributed by atoms with Crippen LogP contribution in [0.3, 0.4) is 0 Å². The number of methoxy groups -OCH3 is 1. The van der Waals surface area contributed by atoms with Crippen molar-refractivity contribution in [2.75, 3.05) is 7.11 Å². The second kappa shape index (κ2) is 8.54. The van der Waals surface area contributed by atoms with Gasteiger partial charge in [-0.25, -0.2) is 4.79 Å². The lowest BCUT2D eigenvalue weighted by Crippen LogP contribution is -2.45. The van der Waals surface area contributed by atoms with Crippen LogP contribution in [0, 0.1) is 0 Å². The number of carbonyl (C=O) groups excluding carboxylic acids is 1. The fraction of sp³-hybridized carbons (Fsp3) is 0.200. The van der Waals surface area contributed by atoms with Crippen molar-refractivity contribution in [1.29, 1.82) is 0 Å². The predicted octanol–water partition coefficient (Wildman–Crippen LogP) is 3.99. The largest absolute Gasteiger partial charge is 0.489 e. The summed E-state index contributed by atoms with van der Waals surface area (Å²) >= 11 is 8.79. The van der Waals surface area contributed by atoms with Crippen molar-refractivity contribution in [2.45, 2.75) is 19.6 Å². The molecular formula is C20H19BrN2O3S. The Hall–Kier alpha value is -2.38. The number of halogens is 1. The highest BCUT2D eigenvalue weighted by molar-refractivity contribution is 9.10. The Morgan fingerprint density at radius 3 is 2.67 bits per heavy atom. The summed E-state index contributed by atoms with van der Waals surface area (Å²) in [6, 6.07) is 15.1. The van der Waals surface area contributed by atoms with Crippen molar-refractivity contribution >= 4 is 39.2 Å². The molecule has 1 aliphatic heterocycles. The lowest BCUT2D eigenvalue weighted by molar-refractivity contribution is -0.136. The Kier molecular flexibility index (Phi) is 6.13. The number of ether oxygens (including phenoxy) is 2. The van der Waals surface area contributed by atoms with Gasteiger partial charge in [0, 0.05) is 15.7 Å². The molecule has 0 amide bonds. The van der Waals surface area contributed by atoms with Crippen LogP contribution in [0.25, 0.3) is 0 Å². The zero-order chi connectivity index (χ0) is 19.4. The van der Waals surface area contributed by atoms with E-state index < -0.39 is 12.0 Å². The molecule has 2 aromatic rings. The van der Waals surface area contributed by atoms with Gasteiger partial charge in [-0.15, -0.1) is 0 Å². The molecule has 0 saturated carbocycles. The zero-order valence-electron chi connectivity index (χ0n) is 14.9. The van der Waals surface area contributed by atoms with Crippen molar-refractivity contribution in [3.63, 3.8) is 0 Å². The van der Waals surface area contributed by atoms with Crippen LogP contribution >= 0.6 is 28.1 Å². The van der Waals surface area contributed by atoms with E-state index in [1.165, 1.54) is 7.11 Å². The third-order valence-electron chi connectivity index (χ3n) is 4.19. The minimum Gasteiger partial charge on any atom is -0.489 e. The van der Waals surface area contributed by atoms with Gasteiger partial charge in [-0.2, -0.15) is 0 Å².